The smallest absolute Gasteiger partial charge is 0.348 e. The Kier molecular flexibility index (Phi) is 5.79. The van der Waals surface area contributed by atoms with Crippen LogP contribution in [0.4, 0.5) is 0 Å². The maximum Gasteiger partial charge on any atom is 0.348 e. The summed E-state index contributed by atoms with van der Waals surface area (Å²) in [4.78, 5) is 11.5. The Bertz CT molecular complexity index is 761. The zero-order valence-corrected chi connectivity index (χ0v) is 13.2. The second-order valence-electron chi connectivity index (χ2n) is 4.61. The van der Waals surface area contributed by atoms with Gasteiger partial charge >= 0.3 is 5.97 Å². The van der Waals surface area contributed by atoms with Gasteiger partial charge in [0.25, 0.3) is 0 Å². The second-order valence-corrected chi connectivity index (χ2v) is 5.05. The van der Waals surface area contributed by atoms with Gasteiger partial charge in [-0.15, -0.1) is 0 Å². The molecule has 0 saturated heterocycles. The number of hydrogen-bond donors (Lipinski definition) is 0. The number of rotatable bonds is 5. The summed E-state index contributed by atoms with van der Waals surface area (Å²) in [6.45, 7) is 0.349. The normalized spacial score (nSPS) is 10.7. The highest BCUT2D eigenvalue weighted by Crippen LogP contribution is 2.22. The van der Waals surface area contributed by atoms with Crippen molar-refractivity contribution < 1.29 is 14.3 Å². The van der Waals surface area contributed by atoms with Crippen LogP contribution < -0.4 is 4.74 Å². The van der Waals surface area contributed by atoms with Gasteiger partial charge in [0.2, 0.25) is 0 Å². The van der Waals surface area contributed by atoms with E-state index < -0.39 is 5.97 Å². The van der Waals surface area contributed by atoms with Crippen LogP contribution in [-0.2, 0) is 16.1 Å². The number of carbonyl (C=O) groups excluding carboxylic acids is 1. The third-order valence-corrected chi connectivity index (χ3v) is 3.30. The largest absolute Gasteiger partial charge is 0.488 e. The van der Waals surface area contributed by atoms with Crippen LogP contribution in [0.1, 0.15) is 11.1 Å². The average molecular weight is 328 g/mol. The van der Waals surface area contributed by atoms with E-state index >= 15 is 0 Å². The van der Waals surface area contributed by atoms with Crippen molar-refractivity contribution in [3.63, 3.8) is 0 Å². The van der Waals surface area contributed by atoms with E-state index in [0.717, 1.165) is 5.56 Å². The second kappa shape index (κ2) is 8.02. The van der Waals surface area contributed by atoms with E-state index in [1.165, 1.54) is 13.2 Å². The Balaban J connectivity index is 2.20. The molecule has 0 radical (unpaired) electrons. The highest BCUT2D eigenvalue weighted by molar-refractivity contribution is 6.30. The van der Waals surface area contributed by atoms with Crippen molar-refractivity contribution >= 4 is 23.6 Å². The van der Waals surface area contributed by atoms with E-state index in [1.54, 1.807) is 30.3 Å². The molecule has 0 unspecified atom stereocenters. The van der Waals surface area contributed by atoms with E-state index in [9.17, 15) is 4.79 Å². The molecule has 0 saturated carbocycles. The third-order valence-electron chi connectivity index (χ3n) is 3.05. The molecule has 0 aromatic heterocycles. The van der Waals surface area contributed by atoms with Crippen LogP contribution in [0.25, 0.3) is 6.08 Å². The van der Waals surface area contributed by atoms with E-state index in [4.69, 9.17) is 21.6 Å². The van der Waals surface area contributed by atoms with Crippen LogP contribution in [0, 0.1) is 11.3 Å². The minimum absolute atomic E-state index is 0.0879. The number of methoxy groups -OCH3 is 1. The van der Waals surface area contributed by atoms with E-state index in [1.807, 2.05) is 24.3 Å². The van der Waals surface area contributed by atoms with Crippen molar-refractivity contribution in [2.45, 2.75) is 6.61 Å². The van der Waals surface area contributed by atoms with Crippen molar-refractivity contribution in [3.05, 3.63) is 70.3 Å². The first-order valence-electron chi connectivity index (χ1n) is 6.80. The molecule has 0 fully saturated rings. The quantitative estimate of drug-likeness (QED) is 0.473. The van der Waals surface area contributed by atoms with Crippen LogP contribution in [-0.4, -0.2) is 13.1 Å². The number of para-hydroxylation sites is 1. The first-order chi connectivity index (χ1) is 11.1. The molecule has 0 N–H and O–H groups in total. The maximum atomic E-state index is 11.5. The summed E-state index contributed by atoms with van der Waals surface area (Å²) in [5.74, 6) is -0.112. The molecule has 2 aromatic carbocycles. The minimum Gasteiger partial charge on any atom is -0.488 e. The number of nitriles is 1. The lowest BCUT2D eigenvalue weighted by Gasteiger charge is -2.09. The van der Waals surface area contributed by atoms with Gasteiger partial charge in [-0.3, -0.25) is 0 Å². The summed E-state index contributed by atoms with van der Waals surface area (Å²) >= 11 is 5.85. The summed E-state index contributed by atoms with van der Waals surface area (Å²) in [6, 6.07) is 16.3. The third kappa shape index (κ3) is 4.60. The molecular formula is C18H14ClNO3. The molecule has 0 bridgehead atoms. The highest BCUT2D eigenvalue weighted by atomic mass is 35.5. The van der Waals surface area contributed by atoms with Crippen molar-refractivity contribution in [1.29, 1.82) is 5.26 Å². The topological polar surface area (TPSA) is 59.3 Å². The van der Waals surface area contributed by atoms with Gasteiger partial charge in [-0.1, -0.05) is 41.9 Å². The van der Waals surface area contributed by atoms with Gasteiger partial charge in [-0.25, -0.2) is 4.79 Å². The monoisotopic (exact) mass is 327 g/mol. The fourth-order valence-corrected chi connectivity index (χ4v) is 2.00. The summed E-state index contributed by atoms with van der Waals surface area (Å²) in [5, 5.41) is 9.70. The van der Waals surface area contributed by atoms with Crippen molar-refractivity contribution in [3.8, 4) is 11.8 Å². The van der Waals surface area contributed by atoms with Gasteiger partial charge in [0.1, 0.15) is 24.0 Å². The van der Waals surface area contributed by atoms with Crippen LogP contribution in [0.2, 0.25) is 5.02 Å². The molecule has 2 rings (SSSR count). The van der Waals surface area contributed by atoms with Crippen molar-refractivity contribution in [1.82, 2.24) is 0 Å². The molecule has 5 heteroatoms. The highest BCUT2D eigenvalue weighted by Gasteiger charge is 2.10. The molecule has 0 spiro atoms. The fraction of sp³-hybridized carbons (Fsp3) is 0.111. The Hall–Kier alpha value is -2.77. The number of ether oxygens (including phenoxy) is 2. The average Bonchev–Trinajstić information content (AvgIpc) is 2.59. The van der Waals surface area contributed by atoms with Gasteiger partial charge in [0.05, 0.1) is 7.11 Å². The van der Waals surface area contributed by atoms with Crippen LogP contribution in [0.3, 0.4) is 0 Å². The van der Waals surface area contributed by atoms with Crippen molar-refractivity contribution in [2.24, 2.45) is 0 Å². The molecule has 0 amide bonds. The summed E-state index contributed by atoms with van der Waals surface area (Å²) in [6.07, 6.45) is 1.45. The standard InChI is InChI=1S/C18H14ClNO3/c1-22-18(21)15(11-20)10-14-4-2-3-5-17(14)23-12-13-6-8-16(19)9-7-13/h2-10H,12H2,1H3. The first kappa shape index (κ1) is 16.6. The molecule has 0 aliphatic rings. The lowest BCUT2D eigenvalue weighted by molar-refractivity contribution is -0.135. The van der Waals surface area contributed by atoms with Gasteiger partial charge < -0.3 is 9.47 Å². The minimum atomic E-state index is -0.681. The van der Waals surface area contributed by atoms with Crippen LogP contribution >= 0.6 is 11.6 Å². The molecule has 0 aliphatic carbocycles. The molecule has 0 heterocycles. The predicted molar refractivity (Wildman–Crippen MR) is 87.8 cm³/mol. The van der Waals surface area contributed by atoms with E-state index in [2.05, 4.69) is 4.74 Å². The number of esters is 1. The SMILES string of the molecule is COC(=O)C(C#N)=Cc1ccccc1OCc1ccc(Cl)cc1. The Morgan fingerprint density at radius 3 is 2.57 bits per heavy atom. The fourth-order valence-electron chi connectivity index (χ4n) is 1.88. The lowest BCUT2D eigenvalue weighted by atomic mass is 10.1. The molecule has 2 aromatic rings. The predicted octanol–water partition coefficient (Wildman–Crippen LogP) is 4.00. The maximum absolute atomic E-state index is 11.5. The Morgan fingerprint density at radius 1 is 1.22 bits per heavy atom. The molecule has 0 aliphatic heterocycles. The number of nitrogens with zero attached hydrogens (tertiary/aromatic N) is 1. The molecule has 23 heavy (non-hydrogen) atoms. The van der Waals surface area contributed by atoms with Gasteiger partial charge in [0.15, 0.2) is 0 Å². The van der Waals surface area contributed by atoms with Gasteiger partial charge in [0, 0.05) is 10.6 Å². The summed E-state index contributed by atoms with van der Waals surface area (Å²) < 4.78 is 10.3. The Labute approximate surface area is 139 Å². The first-order valence-corrected chi connectivity index (χ1v) is 7.18. The molecule has 116 valence electrons. The van der Waals surface area contributed by atoms with Gasteiger partial charge in [-0.2, -0.15) is 5.26 Å². The lowest BCUT2D eigenvalue weighted by Crippen LogP contribution is -2.03. The zero-order valence-electron chi connectivity index (χ0n) is 12.5. The molecule has 0 atom stereocenters. The molecular weight excluding hydrogens is 314 g/mol. The Morgan fingerprint density at radius 2 is 1.91 bits per heavy atom. The number of hydrogen-bond acceptors (Lipinski definition) is 4. The van der Waals surface area contributed by atoms with Gasteiger partial charge in [-0.05, 0) is 29.8 Å². The number of benzene rings is 2. The van der Waals surface area contributed by atoms with Crippen molar-refractivity contribution in [2.75, 3.05) is 7.11 Å². The van der Waals surface area contributed by atoms with Crippen LogP contribution in [0.15, 0.2) is 54.1 Å². The van der Waals surface area contributed by atoms with E-state index in [0.29, 0.717) is 22.9 Å². The number of carbonyl (C=O) groups is 1. The van der Waals surface area contributed by atoms with E-state index in [-0.39, 0.29) is 5.57 Å². The van der Waals surface area contributed by atoms with Crippen LogP contribution in [0.5, 0.6) is 5.75 Å². The summed E-state index contributed by atoms with van der Waals surface area (Å²) in [5.41, 5.74) is 1.50. The number of halogens is 1. The summed E-state index contributed by atoms with van der Waals surface area (Å²) in [7, 11) is 1.23. The molecule has 4 nitrogen and oxygen atoms in total. The zero-order chi connectivity index (χ0) is 16.7.